The van der Waals surface area contributed by atoms with Crippen molar-refractivity contribution >= 4 is 0 Å². The number of methoxy groups -OCH3 is 1. The second-order valence-electron chi connectivity index (χ2n) is 4.19. The lowest BCUT2D eigenvalue weighted by Gasteiger charge is -2.29. The van der Waals surface area contributed by atoms with Crippen molar-refractivity contribution in [3.8, 4) is 0 Å². The van der Waals surface area contributed by atoms with E-state index in [0.29, 0.717) is 0 Å². The summed E-state index contributed by atoms with van der Waals surface area (Å²) in [4.78, 5) is 2.33. The minimum Gasteiger partial charge on any atom is -0.495 e. The van der Waals surface area contributed by atoms with Gasteiger partial charge < -0.3 is 14.4 Å². The van der Waals surface area contributed by atoms with Crippen LogP contribution in [0.4, 0.5) is 0 Å². The van der Waals surface area contributed by atoms with E-state index in [1.807, 2.05) is 0 Å². The Kier molecular flexibility index (Phi) is 3.44. The molecule has 0 N–H and O–H groups in total. The molecular formula is C12H19NO2. The van der Waals surface area contributed by atoms with Crippen LogP contribution >= 0.6 is 0 Å². The molecule has 15 heavy (non-hydrogen) atoms. The Balaban J connectivity index is 2.21. The van der Waals surface area contributed by atoms with Crippen molar-refractivity contribution < 1.29 is 9.47 Å². The van der Waals surface area contributed by atoms with Crippen LogP contribution in [0.1, 0.15) is 12.8 Å². The van der Waals surface area contributed by atoms with E-state index in [1.165, 1.54) is 5.57 Å². The molecule has 1 aliphatic heterocycles. The predicted octanol–water partition coefficient (Wildman–Crippen LogP) is 1.57. The summed E-state index contributed by atoms with van der Waals surface area (Å²) >= 11 is 0. The Morgan fingerprint density at radius 3 is 3.20 bits per heavy atom. The topological polar surface area (TPSA) is 21.7 Å². The normalized spacial score (nSPS) is 28.0. The molecule has 0 aromatic carbocycles. The van der Waals surface area contributed by atoms with Gasteiger partial charge in [-0.1, -0.05) is 12.2 Å². The standard InChI is InChI=1S/C12H19NO2/c1-13-7-4-8-15-12-10(9-13)5-3-6-11(12)14-2/h3,5,11H,4,6-9H2,1-2H3. The maximum atomic E-state index is 5.82. The van der Waals surface area contributed by atoms with E-state index in [0.717, 1.165) is 38.3 Å². The van der Waals surface area contributed by atoms with Crippen LogP contribution in [-0.4, -0.2) is 44.9 Å². The zero-order valence-corrected chi connectivity index (χ0v) is 9.53. The molecule has 3 nitrogen and oxygen atoms in total. The van der Waals surface area contributed by atoms with Gasteiger partial charge in [0.05, 0.1) is 6.61 Å². The molecule has 1 atom stereocenters. The van der Waals surface area contributed by atoms with Crippen molar-refractivity contribution in [3.63, 3.8) is 0 Å². The summed E-state index contributed by atoms with van der Waals surface area (Å²) in [5, 5.41) is 0. The number of rotatable bonds is 1. The van der Waals surface area contributed by atoms with Gasteiger partial charge in [0.2, 0.25) is 0 Å². The maximum Gasteiger partial charge on any atom is 0.129 e. The Morgan fingerprint density at radius 1 is 1.53 bits per heavy atom. The molecule has 0 aromatic rings. The third-order valence-electron chi connectivity index (χ3n) is 2.94. The third-order valence-corrected chi connectivity index (χ3v) is 2.94. The molecule has 84 valence electrons. The van der Waals surface area contributed by atoms with Crippen molar-refractivity contribution in [2.75, 3.05) is 33.9 Å². The number of hydrogen-bond donors (Lipinski definition) is 0. The minimum absolute atomic E-state index is 0.122. The molecule has 1 heterocycles. The van der Waals surface area contributed by atoms with Crippen molar-refractivity contribution in [2.24, 2.45) is 0 Å². The second-order valence-corrected chi connectivity index (χ2v) is 4.19. The lowest BCUT2D eigenvalue weighted by molar-refractivity contribution is 0.0543. The highest BCUT2D eigenvalue weighted by atomic mass is 16.5. The van der Waals surface area contributed by atoms with Crippen molar-refractivity contribution in [2.45, 2.75) is 18.9 Å². The lowest BCUT2D eigenvalue weighted by Crippen LogP contribution is -2.30. The second kappa shape index (κ2) is 4.81. The van der Waals surface area contributed by atoms with Crippen LogP contribution in [0, 0.1) is 0 Å². The number of nitrogens with zero attached hydrogens (tertiary/aromatic N) is 1. The first-order chi connectivity index (χ1) is 7.31. The molecule has 3 heteroatoms. The predicted molar refractivity (Wildman–Crippen MR) is 59.6 cm³/mol. The highest BCUT2D eigenvalue weighted by Crippen LogP contribution is 2.24. The zero-order valence-electron chi connectivity index (χ0n) is 9.53. The molecular weight excluding hydrogens is 190 g/mol. The molecule has 0 bridgehead atoms. The molecule has 0 amide bonds. The first-order valence-corrected chi connectivity index (χ1v) is 5.55. The Morgan fingerprint density at radius 2 is 2.40 bits per heavy atom. The molecule has 0 spiro atoms. The summed E-state index contributed by atoms with van der Waals surface area (Å²) in [5.74, 6) is 1.05. The van der Waals surface area contributed by atoms with Crippen LogP contribution in [0.2, 0.25) is 0 Å². The van der Waals surface area contributed by atoms with E-state index in [9.17, 15) is 0 Å². The summed E-state index contributed by atoms with van der Waals surface area (Å²) in [6.07, 6.45) is 6.49. The first-order valence-electron chi connectivity index (χ1n) is 5.55. The molecule has 0 saturated heterocycles. The van der Waals surface area contributed by atoms with Gasteiger partial charge in [-0.25, -0.2) is 0 Å². The van der Waals surface area contributed by atoms with Gasteiger partial charge in [-0.05, 0) is 19.9 Å². The van der Waals surface area contributed by atoms with Crippen LogP contribution in [0.3, 0.4) is 0 Å². The molecule has 2 aliphatic rings. The maximum absolute atomic E-state index is 5.82. The Labute approximate surface area is 91.3 Å². The molecule has 1 aliphatic carbocycles. The van der Waals surface area contributed by atoms with Crippen molar-refractivity contribution in [1.82, 2.24) is 4.90 Å². The van der Waals surface area contributed by atoms with Gasteiger partial charge >= 0.3 is 0 Å². The van der Waals surface area contributed by atoms with E-state index in [4.69, 9.17) is 9.47 Å². The minimum atomic E-state index is 0.122. The largest absolute Gasteiger partial charge is 0.495 e. The van der Waals surface area contributed by atoms with E-state index in [2.05, 4.69) is 24.1 Å². The summed E-state index contributed by atoms with van der Waals surface area (Å²) in [7, 11) is 3.90. The van der Waals surface area contributed by atoms with Gasteiger partial charge in [0.15, 0.2) is 0 Å². The van der Waals surface area contributed by atoms with Crippen LogP contribution in [0.15, 0.2) is 23.5 Å². The summed E-state index contributed by atoms with van der Waals surface area (Å²) in [6, 6.07) is 0. The average Bonchev–Trinajstić information content (AvgIpc) is 2.22. The van der Waals surface area contributed by atoms with Gasteiger partial charge in [0.25, 0.3) is 0 Å². The van der Waals surface area contributed by atoms with E-state index < -0.39 is 0 Å². The molecule has 0 fully saturated rings. The van der Waals surface area contributed by atoms with Crippen molar-refractivity contribution in [3.05, 3.63) is 23.5 Å². The average molecular weight is 209 g/mol. The quantitative estimate of drug-likeness (QED) is 0.654. The van der Waals surface area contributed by atoms with Gasteiger partial charge in [-0.15, -0.1) is 0 Å². The Hall–Kier alpha value is -0.800. The van der Waals surface area contributed by atoms with Gasteiger partial charge in [-0.3, -0.25) is 0 Å². The molecule has 2 rings (SSSR count). The molecule has 0 aromatic heterocycles. The van der Waals surface area contributed by atoms with E-state index >= 15 is 0 Å². The molecule has 0 radical (unpaired) electrons. The highest BCUT2D eigenvalue weighted by molar-refractivity contribution is 5.31. The van der Waals surface area contributed by atoms with Crippen molar-refractivity contribution in [1.29, 1.82) is 0 Å². The smallest absolute Gasteiger partial charge is 0.129 e. The fourth-order valence-electron chi connectivity index (χ4n) is 2.14. The molecule has 0 saturated carbocycles. The van der Waals surface area contributed by atoms with E-state index in [1.54, 1.807) is 7.11 Å². The monoisotopic (exact) mass is 209 g/mol. The van der Waals surface area contributed by atoms with Crippen LogP contribution in [0.5, 0.6) is 0 Å². The fourth-order valence-corrected chi connectivity index (χ4v) is 2.14. The van der Waals surface area contributed by atoms with Crippen LogP contribution < -0.4 is 0 Å². The van der Waals surface area contributed by atoms with Gasteiger partial charge in [0, 0.05) is 25.8 Å². The highest BCUT2D eigenvalue weighted by Gasteiger charge is 2.23. The fraction of sp³-hybridized carbons (Fsp3) is 0.667. The van der Waals surface area contributed by atoms with Gasteiger partial charge in [0.1, 0.15) is 11.9 Å². The number of likely N-dealkylation sites (N-methyl/N-ethyl adjacent to an activating group) is 1. The van der Waals surface area contributed by atoms with Gasteiger partial charge in [-0.2, -0.15) is 0 Å². The molecule has 1 unspecified atom stereocenters. The SMILES string of the molecule is COC1CC=CC2=C1OCCCN(C)C2. The third kappa shape index (κ3) is 2.41. The summed E-state index contributed by atoms with van der Waals surface area (Å²) in [6.45, 7) is 2.87. The van der Waals surface area contributed by atoms with E-state index in [-0.39, 0.29) is 6.10 Å². The lowest BCUT2D eigenvalue weighted by atomic mass is 10.0. The van der Waals surface area contributed by atoms with Crippen LogP contribution in [-0.2, 0) is 9.47 Å². The van der Waals surface area contributed by atoms with Crippen LogP contribution in [0.25, 0.3) is 0 Å². The summed E-state index contributed by atoms with van der Waals surface area (Å²) < 4.78 is 11.3. The zero-order chi connectivity index (χ0) is 10.7. The summed E-state index contributed by atoms with van der Waals surface area (Å²) in [5.41, 5.74) is 1.27. The first kappa shape index (κ1) is 10.7. The number of hydrogen-bond acceptors (Lipinski definition) is 3. The Bertz CT molecular complexity index is 283. The number of ether oxygens (including phenoxy) is 2.